The predicted octanol–water partition coefficient (Wildman–Crippen LogP) is -1.01. The van der Waals surface area contributed by atoms with Gasteiger partial charge in [0.15, 0.2) is 18.4 Å². The van der Waals surface area contributed by atoms with Gasteiger partial charge in [-0.3, -0.25) is 23.2 Å². The number of benzene rings is 2. The summed E-state index contributed by atoms with van der Waals surface area (Å²) in [5, 5.41) is 33.4. The maximum atomic E-state index is 12.6. The van der Waals surface area contributed by atoms with Gasteiger partial charge in [0, 0.05) is 24.1 Å². The zero-order valence-electron chi connectivity index (χ0n) is 28.6. The second-order valence-electron chi connectivity index (χ2n) is 12.2. The number of aliphatic hydroxyl groups is 3. The molecule has 2 aliphatic heterocycles. The van der Waals surface area contributed by atoms with Gasteiger partial charge < -0.3 is 68.9 Å². The summed E-state index contributed by atoms with van der Waals surface area (Å²) in [4.78, 5) is 81.6. The Bertz CT molecular complexity index is 1700. The third-order valence-corrected chi connectivity index (χ3v) is 9.68. The summed E-state index contributed by atoms with van der Waals surface area (Å²) in [7, 11) is -16.4. The van der Waals surface area contributed by atoms with Gasteiger partial charge in [0.1, 0.15) is 42.7 Å². The first kappa shape index (κ1) is 45.3. The minimum atomic E-state index is -5.53. The average molecular weight is 846 g/mol. The Morgan fingerprint density at radius 2 is 1.22 bits per heavy atom. The minimum Gasteiger partial charge on any atom is -0.394 e. The topological polar surface area (TPSA) is 344 Å². The number of ether oxygens (including phenoxy) is 4. The molecule has 4 rings (SSSR count). The number of amides is 1. The summed E-state index contributed by atoms with van der Waals surface area (Å²) >= 11 is 0. The summed E-state index contributed by atoms with van der Waals surface area (Å²) in [5.74, 6) is -0.436. The summed E-state index contributed by atoms with van der Waals surface area (Å²) in [6.07, 6.45) is -17.1. The van der Waals surface area contributed by atoms with Crippen molar-refractivity contribution in [2.45, 2.75) is 74.6 Å². The Morgan fingerprint density at radius 1 is 0.691 bits per heavy atom. The first-order valence-electron chi connectivity index (χ1n) is 16.4. The van der Waals surface area contributed by atoms with Crippen LogP contribution in [0.3, 0.4) is 0 Å². The van der Waals surface area contributed by atoms with E-state index in [0.717, 1.165) is 5.56 Å². The van der Waals surface area contributed by atoms with Crippen molar-refractivity contribution in [3.05, 3.63) is 71.3 Å². The molecule has 0 saturated carbocycles. The zero-order valence-corrected chi connectivity index (χ0v) is 31.3. The van der Waals surface area contributed by atoms with Crippen LogP contribution in [0.2, 0.25) is 0 Å². The Morgan fingerprint density at radius 3 is 1.80 bits per heavy atom. The lowest BCUT2D eigenvalue weighted by Gasteiger charge is -2.44. The van der Waals surface area contributed by atoms with Crippen molar-refractivity contribution in [2.75, 3.05) is 26.4 Å². The van der Waals surface area contributed by atoms with E-state index >= 15 is 0 Å². The molecule has 55 heavy (non-hydrogen) atoms. The van der Waals surface area contributed by atoms with Crippen LogP contribution in [-0.2, 0) is 57.4 Å². The van der Waals surface area contributed by atoms with Gasteiger partial charge >= 0.3 is 23.5 Å². The van der Waals surface area contributed by atoms with E-state index in [9.17, 15) is 68.0 Å². The second kappa shape index (κ2) is 19.9. The van der Waals surface area contributed by atoms with Crippen molar-refractivity contribution in [3.8, 4) is 0 Å². The van der Waals surface area contributed by atoms with Gasteiger partial charge in [-0.1, -0.05) is 54.6 Å². The van der Waals surface area contributed by atoms with Crippen LogP contribution in [0.25, 0.3) is 0 Å². The largest absolute Gasteiger partial charge is 0.470 e. The maximum Gasteiger partial charge on any atom is 0.470 e. The Kier molecular flexibility index (Phi) is 16.4. The molecular weight excluding hydrogens is 803 g/mol. The highest BCUT2D eigenvalue weighted by Gasteiger charge is 2.56. The number of hydrogen-bond acceptors (Lipinski definition) is 15. The summed E-state index contributed by atoms with van der Waals surface area (Å²) in [6.45, 7) is -2.17. The number of ketones is 1. The summed E-state index contributed by atoms with van der Waals surface area (Å²) < 4.78 is 70.9. The van der Waals surface area contributed by atoms with Crippen LogP contribution in [0, 0.1) is 0 Å². The number of hydrogen-bond donors (Lipinski definition) is 10. The van der Waals surface area contributed by atoms with E-state index in [0.29, 0.717) is 17.5 Å². The van der Waals surface area contributed by atoms with E-state index in [1.54, 1.807) is 48.5 Å². The Balaban J connectivity index is 1.33. The number of nitrogens with one attached hydrogen (secondary N) is 1. The number of carbonyl (C=O) groups is 2. The fourth-order valence-corrected chi connectivity index (χ4v) is 7.38. The van der Waals surface area contributed by atoms with E-state index < -0.39 is 92.0 Å². The van der Waals surface area contributed by atoms with Gasteiger partial charge in [-0.15, -0.1) is 0 Å². The third kappa shape index (κ3) is 13.9. The molecule has 22 nitrogen and oxygen atoms in total. The van der Waals surface area contributed by atoms with Crippen molar-refractivity contribution in [2.24, 2.45) is 0 Å². The maximum absolute atomic E-state index is 12.6. The highest BCUT2D eigenvalue weighted by atomic mass is 31.2. The molecule has 2 fully saturated rings. The molecule has 9 atom stereocenters. The number of carbonyl (C=O) groups excluding carboxylic acids is 2. The highest BCUT2D eigenvalue weighted by molar-refractivity contribution is 7.46. The number of phosphoric ester groups is 3. The molecule has 10 N–H and O–H groups in total. The van der Waals surface area contributed by atoms with Crippen molar-refractivity contribution in [3.63, 3.8) is 0 Å². The van der Waals surface area contributed by atoms with Gasteiger partial charge in [0.05, 0.1) is 19.8 Å². The second-order valence-corrected chi connectivity index (χ2v) is 15.8. The fraction of sp³-hybridized carbons (Fsp3) is 0.533. The number of rotatable bonds is 20. The third-order valence-electron chi connectivity index (χ3n) is 8.13. The zero-order chi connectivity index (χ0) is 40.6. The monoisotopic (exact) mass is 845 g/mol. The van der Waals surface area contributed by atoms with E-state index in [2.05, 4.69) is 14.4 Å². The molecule has 2 heterocycles. The fourth-order valence-electron chi connectivity index (χ4n) is 5.71. The molecular formula is C30H42NO21P3. The van der Waals surface area contributed by atoms with Crippen molar-refractivity contribution < 1.29 is 100 Å². The van der Waals surface area contributed by atoms with Crippen molar-refractivity contribution >= 4 is 35.2 Å². The quantitative estimate of drug-likeness (QED) is 0.0433. The molecule has 308 valence electrons. The van der Waals surface area contributed by atoms with Crippen molar-refractivity contribution in [1.82, 2.24) is 5.32 Å². The van der Waals surface area contributed by atoms with Crippen LogP contribution in [0.15, 0.2) is 54.6 Å². The van der Waals surface area contributed by atoms with Gasteiger partial charge in [-0.2, -0.15) is 0 Å². The number of aliphatic hydroxyl groups excluding tert-OH is 3. The molecule has 2 saturated heterocycles. The van der Waals surface area contributed by atoms with Gasteiger partial charge in [0.25, 0.3) is 0 Å². The molecule has 0 radical (unpaired) electrons. The first-order valence-corrected chi connectivity index (χ1v) is 21.0. The van der Waals surface area contributed by atoms with E-state index in [-0.39, 0.29) is 37.7 Å². The van der Waals surface area contributed by atoms with Crippen LogP contribution < -0.4 is 5.32 Å². The normalized spacial score (nSPS) is 27.5. The molecule has 25 heteroatoms. The van der Waals surface area contributed by atoms with Crippen LogP contribution in [0.5, 0.6) is 0 Å². The lowest BCUT2D eigenvalue weighted by Crippen LogP contribution is -2.61. The van der Waals surface area contributed by atoms with E-state index in [4.69, 9.17) is 23.5 Å². The molecule has 0 aromatic heterocycles. The molecule has 0 aliphatic carbocycles. The van der Waals surface area contributed by atoms with Gasteiger partial charge in [0.2, 0.25) is 5.91 Å². The smallest absolute Gasteiger partial charge is 0.394 e. The molecule has 1 amide bonds. The van der Waals surface area contributed by atoms with Gasteiger partial charge in [-0.05, 0) is 18.4 Å². The number of aryl methyl sites for hydroxylation is 1. The van der Waals surface area contributed by atoms with Crippen LogP contribution >= 0.6 is 23.5 Å². The minimum absolute atomic E-state index is 0.0902. The number of phosphoric acid groups is 3. The lowest BCUT2D eigenvalue weighted by molar-refractivity contribution is -0.313. The van der Waals surface area contributed by atoms with Gasteiger partial charge in [-0.25, -0.2) is 13.7 Å². The van der Waals surface area contributed by atoms with Crippen LogP contribution in [-0.4, -0.2) is 138 Å². The predicted molar refractivity (Wildman–Crippen MR) is 181 cm³/mol. The molecule has 0 bridgehead atoms. The van der Waals surface area contributed by atoms with Crippen molar-refractivity contribution in [1.29, 1.82) is 0 Å². The summed E-state index contributed by atoms with van der Waals surface area (Å²) in [5.41, 5.74) is 1.88. The van der Waals surface area contributed by atoms with Crippen LogP contribution in [0.4, 0.5) is 0 Å². The summed E-state index contributed by atoms with van der Waals surface area (Å²) in [6, 6.07) is 15.6. The molecule has 0 unspecified atom stereocenters. The lowest BCUT2D eigenvalue weighted by atomic mass is 9.99. The van der Waals surface area contributed by atoms with E-state index in [1.165, 1.54) is 0 Å². The molecule has 2 aliphatic rings. The SMILES string of the molecule is O=C(CCc1ccc(C(=O)c2ccccc2)cc1)NCCCO[C@@H]1O[C@H](CO)[C@@H](O[C@H]2O[C@H](CO)[C@@H](OP(=O)(O)O)[C@H](OP(=O)(O)O)[C@H]2O)[C@H]1OP(=O)(O)O. The first-order chi connectivity index (χ1) is 25.8. The average Bonchev–Trinajstić information content (AvgIpc) is 3.42. The highest BCUT2D eigenvalue weighted by Crippen LogP contribution is 2.48. The molecule has 0 spiro atoms. The molecule has 2 aromatic carbocycles. The Labute approximate surface area is 313 Å². The van der Waals surface area contributed by atoms with Crippen LogP contribution in [0.1, 0.15) is 34.3 Å². The standard InChI is InChI=1S/C30H42NO21P3/c32-15-20-25(49-29-24(36)27(51-54(40,41)42)26(21(16-33)47-29)50-53(37,38)39)28(52-55(43,44)45)30(48-20)46-14-4-13-31-22(34)12-9-17-7-10-19(11-8-17)23(35)18-5-2-1-3-6-18/h1-3,5-8,10-11,20-21,24-30,32-33,36H,4,9,12-16H2,(H,31,34)(H2,37,38,39)(H2,40,41,42)(H2,43,44,45)/t20-,21-,24-,25-,26-,27-,28-,29-,30-/m1/s1. The van der Waals surface area contributed by atoms with E-state index in [1.807, 2.05) is 6.07 Å². The molecule has 2 aromatic rings. The Hall–Kier alpha value is -2.37.